The standard InChI is InChI=1S/C33H31F2N3O4/c1-3-6-31(22-8-5-7-21(17-22)9-12-32(40)41-4-2)38-16-14-29(37-38)25-18-23(10-11-27(25)34)42-33-26(20-39)24-13-15-36-30(24)19-28(33)35/h3,5,7-8,10-11,13-19,31,36,39H,1,4,6,9,12,20H2,2H3. The number of aliphatic hydroxyl groups excluding tert-OH is 1. The highest BCUT2D eigenvalue weighted by Gasteiger charge is 2.19. The molecule has 0 aliphatic rings. The zero-order valence-electron chi connectivity index (χ0n) is 23.1. The Morgan fingerprint density at radius 3 is 2.79 bits per heavy atom. The number of hydrogen-bond acceptors (Lipinski definition) is 5. The number of fused-ring (bicyclic) bond motifs is 1. The fourth-order valence-electron chi connectivity index (χ4n) is 5.02. The molecule has 216 valence electrons. The van der Waals surface area contributed by atoms with Gasteiger partial charge in [0.25, 0.3) is 0 Å². The highest BCUT2D eigenvalue weighted by Crippen LogP contribution is 2.36. The molecule has 1 atom stereocenters. The van der Waals surface area contributed by atoms with E-state index >= 15 is 4.39 Å². The number of halogens is 2. The lowest BCUT2D eigenvalue weighted by Gasteiger charge is -2.18. The predicted octanol–water partition coefficient (Wildman–Crippen LogP) is 7.26. The molecule has 42 heavy (non-hydrogen) atoms. The number of aliphatic hydroxyl groups is 1. The van der Waals surface area contributed by atoms with E-state index in [1.807, 2.05) is 24.3 Å². The number of H-pyrrole nitrogens is 1. The summed E-state index contributed by atoms with van der Waals surface area (Å²) in [6.07, 6.45) is 6.62. The highest BCUT2D eigenvalue weighted by molar-refractivity contribution is 5.85. The molecule has 2 heterocycles. The Hall–Kier alpha value is -4.76. The van der Waals surface area contributed by atoms with Gasteiger partial charge in [-0.15, -0.1) is 6.58 Å². The van der Waals surface area contributed by atoms with Crippen LogP contribution in [0.5, 0.6) is 11.5 Å². The Kier molecular flexibility index (Phi) is 8.78. The van der Waals surface area contributed by atoms with E-state index in [9.17, 15) is 14.3 Å². The molecule has 0 aliphatic carbocycles. The molecule has 0 saturated carbocycles. The van der Waals surface area contributed by atoms with Gasteiger partial charge in [-0.25, -0.2) is 8.78 Å². The first-order chi connectivity index (χ1) is 20.4. The molecular formula is C33H31F2N3O4. The Morgan fingerprint density at radius 1 is 1.14 bits per heavy atom. The van der Waals surface area contributed by atoms with Crippen molar-refractivity contribution >= 4 is 16.9 Å². The summed E-state index contributed by atoms with van der Waals surface area (Å²) in [5.41, 5.74) is 3.33. The number of allylic oxidation sites excluding steroid dienone is 1. The summed E-state index contributed by atoms with van der Waals surface area (Å²) in [5, 5.41) is 15.3. The lowest BCUT2D eigenvalue weighted by atomic mass is 9.99. The van der Waals surface area contributed by atoms with Crippen molar-refractivity contribution in [1.82, 2.24) is 14.8 Å². The molecule has 7 nitrogen and oxygen atoms in total. The normalized spacial score (nSPS) is 11.9. The minimum absolute atomic E-state index is 0.124. The molecule has 1 unspecified atom stereocenters. The van der Waals surface area contributed by atoms with Crippen LogP contribution in [-0.4, -0.2) is 32.4 Å². The van der Waals surface area contributed by atoms with E-state index in [2.05, 4.69) is 16.7 Å². The molecule has 0 aliphatic heterocycles. The maximum absolute atomic E-state index is 15.0. The number of rotatable bonds is 12. The number of nitrogens with one attached hydrogen (secondary N) is 1. The second kappa shape index (κ2) is 12.8. The van der Waals surface area contributed by atoms with Crippen LogP contribution in [0.3, 0.4) is 0 Å². The first-order valence-electron chi connectivity index (χ1n) is 13.7. The van der Waals surface area contributed by atoms with Crippen molar-refractivity contribution in [3.63, 3.8) is 0 Å². The predicted molar refractivity (Wildman–Crippen MR) is 156 cm³/mol. The fraction of sp³-hybridized carbons (Fsp3) is 0.212. The van der Waals surface area contributed by atoms with Gasteiger partial charge in [-0.3, -0.25) is 9.48 Å². The second-order valence-electron chi connectivity index (χ2n) is 9.78. The average Bonchev–Trinajstić information content (AvgIpc) is 3.66. The molecular weight excluding hydrogens is 540 g/mol. The van der Waals surface area contributed by atoms with Crippen LogP contribution in [-0.2, 0) is 22.6 Å². The summed E-state index contributed by atoms with van der Waals surface area (Å²) >= 11 is 0. The van der Waals surface area contributed by atoms with Crippen molar-refractivity contribution in [3.05, 3.63) is 114 Å². The number of nitrogens with zero attached hydrogens (tertiary/aromatic N) is 2. The smallest absolute Gasteiger partial charge is 0.306 e. The molecule has 0 bridgehead atoms. The first kappa shape index (κ1) is 28.8. The van der Waals surface area contributed by atoms with E-state index in [0.717, 1.165) is 11.1 Å². The molecule has 5 aromatic rings. The summed E-state index contributed by atoms with van der Waals surface area (Å²) in [4.78, 5) is 14.7. The fourth-order valence-corrected chi connectivity index (χ4v) is 5.02. The summed E-state index contributed by atoms with van der Waals surface area (Å²) in [6, 6.07) is 16.5. The lowest BCUT2D eigenvalue weighted by Crippen LogP contribution is -2.11. The number of esters is 1. The molecule has 2 N–H and O–H groups in total. The summed E-state index contributed by atoms with van der Waals surface area (Å²) in [5.74, 6) is -1.34. The van der Waals surface area contributed by atoms with Gasteiger partial charge in [0.1, 0.15) is 11.6 Å². The Bertz CT molecular complexity index is 1730. The van der Waals surface area contributed by atoms with Gasteiger partial charge in [0, 0.05) is 46.9 Å². The van der Waals surface area contributed by atoms with Crippen molar-refractivity contribution in [2.45, 2.75) is 38.8 Å². The lowest BCUT2D eigenvalue weighted by molar-refractivity contribution is -0.143. The summed E-state index contributed by atoms with van der Waals surface area (Å²) < 4.78 is 42.6. The molecule has 9 heteroatoms. The number of carbonyl (C=O) groups excluding carboxylic acids is 1. The van der Waals surface area contributed by atoms with Crippen LogP contribution in [0.2, 0.25) is 0 Å². The number of hydrogen-bond donors (Lipinski definition) is 2. The van der Waals surface area contributed by atoms with Crippen LogP contribution in [0.25, 0.3) is 22.2 Å². The Balaban J connectivity index is 1.42. The number of carbonyl (C=O) groups is 1. The van der Waals surface area contributed by atoms with E-state index < -0.39 is 18.2 Å². The number of ether oxygens (including phenoxy) is 2. The first-order valence-corrected chi connectivity index (χ1v) is 13.7. The van der Waals surface area contributed by atoms with Crippen LogP contribution in [0.1, 0.15) is 42.5 Å². The van der Waals surface area contributed by atoms with Gasteiger partial charge < -0.3 is 19.6 Å². The van der Waals surface area contributed by atoms with Crippen molar-refractivity contribution in [3.8, 4) is 22.8 Å². The second-order valence-corrected chi connectivity index (χ2v) is 9.78. The van der Waals surface area contributed by atoms with E-state index in [0.29, 0.717) is 36.0 Å². The van der Waals surface area contributed by atoms with Crippen molar-refractivity contribution in [2.75, 3.05) is 6.61 Å². The van der Waals surface area contributed by atoms with Crippen LogP contribution < -0.4 is 4.74 Å². The van der Waals surface area contributed by atoms with Gasteiger partial charge >= 0.3 is 5.97 Å². The van der Waals surface area contributed by atoms with Gasteiger partial charge in [-0.2, -0.15) is 5.10 Å². The highest BCUT2D eigenvalue weighted by atomic mass is 19.1. The molecule has 0 spiro atoms. The molecule has 0 radical (unpaired) electrons. The zero-order chi connectivity index (χ0) is 29.6. The van der Waals surface area contributed by atoms with Crippen LogP contribution in [0.4, 0.5) is 8.78 Å². The maximum atomic E-state index is 15.0. The van der Waals surface area contributed by atoms with Crippen LogP contribution in [0, 0.1) is 11.6 Å². The number of aromatic nitrogens is 3. The molecule has 0 saturated heterocycles. The van der Waals surface area contributed by atoms with Gasteiger partial charge in [-0.1, -0.05) is 30.3 Å². The van der Waals surface area contributed by atoms with E-state index in [1.165, 1.54) is 24.3 Å². The molecule has 0 amide bonds. The van der Waals surface area contributed by atoms with E-state index in [4.69, 9.17) is 9.47 Å². The minimum Gasteiger partial charge on any atom is -0.466 e. The topological polar surface area (TPSA) is 89.4 Å². The molecule has 3 aromatic carbocycles. The molecule has 5 rings (SSSR count). The maximum Gasteiger partial charge on any atom is 0.306 e. The molecule has 0 fully saturated rings. The largest absolute Gasteiger partial charge is 0.466 e. The van der Waals surface area contributed by atoms with Gasteiger partial charge in [0.2, 0.25) is 0 Å². The average molecular weight is 572 g/mol. The van der Waals surface area contributed by atoms with Gasteiger partial charge in [0.05, 0.1) is 24.9 Å². The quantitative estimate of drug-likeness (QED) is 0.122. The third-order valence-electron chi connectivity index (χ3n) is 7.03. The Morgan fingerprint density at radius 2 is 2.00 bits per heavy atom. The third-order valence-corrected chi connectivity index (χ3v) is 7.03. The van der Waals surface area contributed by atoms with Crippen LogP contribution >= 0.6 is 0 Å². The van der Waals surface area contributed by atoms with Crippen molar-refractivity contribution < 1.29 is 28.2 Å². The summed E-state index contributed by atoms with van der Waals surface area (Å²) in [7, 11) is 0. The van der Waals surface area contributed by atoms with E-state index in [1.54, 1.807) is 42.2 Å². The number of aromatic amines is 1. The SMILES string of the molecule is C=CCC(c1cccc(CCC(=O)OCC)c1)n1ccc(-c2cc(Oc3c(F)cc4[nH]ccc4c3CO)ccc2F)n1. The van der Waals surface area contributed by atoms with Gasteiger partial charge in [-0.05, 0) is 61.2 Å². The summed E-state index contributed by atoms with van der Waals surface area (Å²) in [6.45, 7) is 5.59. The molecule has 2 aromatic heterocycles. The number of benzene rings is 3. The monoisotopic (exact) mass is 571 g/mol. The van der Waals surface area contributed by atoms with E-state index in [-0.39, 0.29) is 41.1 Å². The van der Waals surface area contributed by atoms with Crippen molar-refractivity contribution in [1.29, 1.82) is 0 Å². The Labute approximate surface area is 242 Å². The third kappa shape index (κ3) is 6.11. The number of aryl methyl sites for hydroxylation is 1. The van der Waals surface area contributed by atoms with Crippen molar-refractivity contribution in [2.24, 2.45) is 0 Å². The minimum atomic E-state index is -0.652. The zero-order valence-corrected chi connectivity index (χ0v) is 23.1. The van der Waals surface area contributed by atoms with Gasteiger partial charge in [0.15, 0.2) is 11.6 Å². The van der Waals surface area contributed by atoms with Crippen LogP contribution in [0.15, 0.2) is 85.7 Å².